The van der Waals surface area contributed by atoms with Crippen molar-refractivity contribution in [2.75, 3.05) is 11.9 Å². The summed E-state index contributed by atoms with van der Waals surface area (Å²) >= 11 is 1.34. The normalized spacial score (nSPS) is 11.9. The summed E-state index contributed by atoms with van der Waals surface area (Å²) in [4.78, 5) is 15.4. The van der Waals surface area contributed by atoms with Crippen LogP contribution < -0.4 is 5.32 Å². The molecule has 0 aliphatic carbocycles. The van der Waals surface area contributed by atoms with Crippen LogP contribution in [-0.2, 0) is 0 Å². The summed E-state index contributed by atoms with van der Waals surface area (Å²) in [7, 11) is 0. The molecule has 7 nitrogen and oxygen atoms in total. The molecule has 8 heteroatoms. The van der Waals surface area contributed by atoms with Crippen molar-refractivity contribution in [3.63, 3.8) is 0 Å². The van der Waals surface area contributed by atoms with Crippen molar-refractivity contribution in [1.82, 2.24) is 9.38 Å². The number of nitrogens with one attached hydrogen (secondary N) is 1. The number of hydrogen-bond donors (Lipinski definition) is 2. The number of thiazole rings is 1. The number of aliphatic hydroxyl groups is 1. The smallest absolute Gasteiger partial charge is 0.372 e. The van der Waals surface area contributed by atoms with E-state index in [0.29, 0.717) is 11.4 Å². The number of anilines is 1. The second-order valence-corrected chi connectivity index (χ2v) is 5.45. The van der Waals surface area contributed by atoms with Gasteiger partial charge >= 0.3 is 5.82 Å². The number of aliphatic hydroxyl groups excluding tert-OH is 1. The van der Waals surface area contributed by atoms with E-state index in [-0.39, 0.29) is 18.2 Å². The molecule has 18 heavy (non-hydrogen) atoms. The van der Waals surface area contributed by atoms with Gasteiger partial charge in [-0.25, -0.2) is 0 Å². The van der Waals surface area contributed by atoms with E-state index in [1.54, 1.807) is 11.6 Å². The van der Waals surface area contributed by atoms with E-state index in [2.05, 4.69) is 10.3 Å². The summed E-state index contributed by atoms with van der Waals surface area (Å²) in [5.41, 5.74) is -0.455. The maximum atomic E-state index is 11.1. The van der Waals surface area contributed by atoms with Crippen molar-refractivity contribution in [2.24, 2.45) is 0 Å². The Morgan fingerprint density at radius 3 is 3.00 bits per heavy atom. The van der Waals surface area contributed by atoms with Gasteiger partial charge in [0.25, 0.3) is 4.96 Å². The minimum Gasteiger partial charge on any atom is -0.396 e. The van der Waals surface area contributed by atoms with E-state index >= 15 is 0 Å². The molecule has 0 bridgehead atoms. The fourth-order valence-corrected chi connectivity index (χ4v) is 2.40. The molecule has 0 atom stereocenters. The summed E-state index contributed by atoms with van der Waals surface area (Å²) in [6.07, 6.45) is 2.10. The number of rotatable bonds is 5. The molecule has 0 aromatic carbocycles. The zero-order chi connectivity index (χ0) is 13.3. The monoisotopic (exact) mass is 270 g/mol. The highest BCUT2D eigenvalue weighted by Crippen LogP contribution is 2.30. The van der Waals surface area contributed by atoms with Crippen LogP contribution in [0.5, 0.6) is 0 Å². The number of hydrogen-bond acceptors (Lipinski definition) is 6. The average Bonchev–Trinajstić information content (AvgIpc) is 2.74. The highest BCUT2D eigenvalue weighted by Gasteiger charge is 2.28. The Bertz CT molecular complexity index is 575. The Morgan fingerprint density at radius 2 is 2.39 bits per heavy atom. The Kier molecular flexibility index (Phi) is 3.22. The molecule has 2 rings (SSSR count). The first-order chi connectivity index (χ1) is 8.44. The zero-order valence-electron chi connectivity index (χ0n) is 10.1. The molecule has 2 aromatic heterocycles. The first kappa shape index (κ1) is 12.8. The van der Waals surface area contributed by atoms with E-state index < -0.39 is 10.5 Å². The van der Waals surface area contributed by atoms with Crippen molar-refractivity contribution < 1.29 is 10.0 Å². The predicted octanol–water partition coefficient (Wildman–Crippen LogP) is 1.88. The van der Waals surface area contributed by atoms with Gasteiger partial charge in [-0.3, -0.25) is 0 Å². The molecule has 0 fully saturated rings. The summed E-state index contributed by atoms with van der Waals surface area (Å²) in [6.45, 7) is 3.73. The molecule has 0 aliphatic heterocycles. The maximum absolute atomic E-state index is 11.1. The SMILES string of the molecule is CC(C)(CCO)Nc1nc2sccn2c1[N+](=O)[O-]. The predicted molar refractivity (Wildman–Crippen MR) is 69.1 cm³/mol. The Labute approximate surface area is 107 Å². The lowest BCUT2D eigenvalue weighted by Gasteiger charge is -2.24. The summed E-state index contributed by atoms with van der Waals surface area (Å²) < 4.78 is 1.45. The van der Waals surface area contributed by atoms with Crippen molar-refractivity contribution in [3.8, 4) is 0 Å². The lowest BCUT2D eigenvalue weighted by atomic mass is 10.0. The number of imidazole rings is 1. The van der Waals surface area contributed by atoms with Gasteiger partial charge in [0.1, 0.15) is 6.20 Å². The highest BCUT2D eigenvalue weighted by atomic mass is 32.1. The molecule has 2 N–H and O–H groups in total. The van der Waals surface area contributed by atoms with Crippen LogP contribution >= 0.6 is 11.3 Å². The topological polar surface area (TPSA) is 92.7 Å². The fourth-order valence-electron chi connectivity index (χ4n) is 1.69. The molecular weight excluding hydrogens is 256 g/mol. The number of fused-ring (bicyclic) bond motifs is 1. The van der Waals surface area contributed by atoms with Gasteiger partial charge in [-0.15, -0.1) is 0 Å². The first-order valence-electron chi connectivity index (χ1n) is 5.43. The zero-order valence-corrected chi connectivity index (χ0v) is 10.9. The van der Waals surface area contributed by atoms with Gasteiger partial charge in [0.05, 0.1) is 0 Å². The molecule has 0 aliphatic rings. The fraction of sp³-hybridized carbons (Fsp3) is 0.500. The molecule has 0 radical (unpaired) electrons. The Hall–Kier alpha value is -1.67. The molecule has 0 amide bonds. The summed E-state index contributed by atoms with van der Waals surface area (Å²) in [5.74, 6) is 0.169. The third-order valence-electron chi connectivity index (χ3n) is 2.60. The Morgan fingerprint density at radius 1 is 1.67 bits per heavy atom. The van der Waals surface area contributed by atoms with Gasteiger partial charge in [-0.05, 0) is 25.2 Å². The largest absolute Gasteiger partial charge is 0.396 e. The van der Waals surface area contributed by atoms with Gasteiger partial charge in [0.15, 0.2) is 0 Å². The number of nitrogens with zero attached hydrogens (tertiary/aromatic N) is 3. The number of aromatic nitrogens is 2. The van der Waals surface area contributed by atoms with E-state index in [1.165, 1.54) is 15.7 Å². The molecule has 0 saturated heterocycles. The van der Waals surface area contributed by atoms with Gasteiger partial charge in [0, 0.05) is 17.5 Å². The third kappa shape index (κ3) is 2.29. The third-order valence-corrected chi connectivity index (χ3v) is 3.36. The van der Waals surface area contributed by atoms with Gasteiger partial charge < -0.3 is 20.5 Å². The Balaban J connectivity index is 2.41. The maximum Gasteiger partial charge on any atom is 0.372 e. The van der Waals surface area contributed by atoms with Crippen LogP contribution in [0.25, 0.3) is 4.96 Å². The molecule has 2 aromatic rings. The molecule has 2 heterocycles. The highest BCUT2D eigenvalue weighted by molar-refractivity contribution is 7.15. The van der Waals surface area contributed by atoms with Crippen LogP contribution in [-0.4, -0.2) is 31.6 Å². The van der Waals surface area contributed by atoms with Crippen molar-refractivity contribution in [2.45, 2.75) is 25.8 Å². The van der Waals surface area contributed by atoms with Gasteiger partial charge in [-0.1, -0.05) is 11.3 Å². The molecule has 0 saturated carbocycles. The van der Waals surface area contributed by atoms with Crippen molar-refractivity contribution >= 4 is 27.9 Å². The van der Waals surface area contributed by atoms with E-state index in [4.69, 9.17) is 5.11 Å². The van der Waals surface area contributed by atoms with Gasteiger partial charge in [-0.2, -0.15) is 9.38 Å². The quantitative estimate of drug-likeness (QED) is 0.639. The molecule has 98 valence electrons. The standard InChI is InChI=1S/C10H14N4O3S/c1-10(2,3-5-15)12-7-8(14(16)17)13-4-6-18-9(13)11-7/h4,6,12,15H,3,5H2,1-2H3. The summed E-state index contributed by atoms with van der Waals surface area (Å²) in [6, 6.07) is 0. The van der Waals surface area contributed by atoms with Crippen LogP contribution in [0.2, 0.25) is 0 Å². The minimum atomic E-state index is -0.455. The second kappa shape index (κ2) is 4.54. The second-order valence-electron chi connectivity index (χ2n) is 4.58. The van der Waals surface area contributed by atoms with E-state index in [1.807, 2.05) is 13.8 Å². The van der Waals surface area contributed by atoms with Gasteiger partial charge in [0.2, 0.25) is 5.82 Å². The molecule has 0 unspecified atom stereocenters. The van der Waals surface area contributed by atoms with Crippen LogP contribution in [0.3, 0.4) is 0 Å². The molecule has 0 spiro atoms. The minimum absolute atomic E-state index is 0.00994. The first-order valence-corrected chi connectivity index (χ1v) is 6.31. The van der Waals surface area contributed by atoms with Crippen LogP contribution in [0.1, 0.15) is 20.3 Å². The lowest BCUT2D eigenvalue weighted by molar-refractivity contribution is -0.389. The average molecular weight is 270 g/mol. The van der Waals surface area contributed by atoms with E-state index in [9.17, 15) is 10.1 Å². The van der Waals surface area contributed by atoms with Crippen LogP contribution in [0.15, 0.2) is 11.6 Å². The van der Waals surface area contributed by atoms with Crippen molar-refractivity contribution in [3.05, 3.63) is 21.7 Å². The van der Waals surface area contributed by atoms with Crippen LogP contribution in [0, 0.1) is 10.1 Å². The molecular formula is C10H14N4O3S. The lowest BCUT2D eigenvalue weighted by Crippen LogP contribution is -2.32. The number of nitro groups is 1. The van der Waals surface area contributed by atoms with Crippen LogP contribution in [0.4, 0.5) is 11.6 Å². The summed E-state index contributed by atoms with van der Waals surface area (Å²) in [5, 5.41) is 24.8. The van der Waals surface area contributed by atoms with E-state index in [0.717, 1.165) is 0 Å². The van der Waals surface area contributed by atoms with Crippen molar-refractivity contribution in [1.29, 1.82) is 0 Å².